The standard InChI is InChI=1S/C11H14N2O4S/c1-17-11-6-8-7(3-4-9(8)12-14)5-10(11)13-18(2,15)16/h5-6,13-14H,3-4H2,1-2H3/b12-9-. The van der Waals surface area contributed by atoms with Crippen molar-refractivity contribution in [2.75, 3.05) is 18.1 Å². The van der Waals surface area contributed by atoms with Gasteiger partial charge in [-0.05, 0) is 30.5 Å². The van der Waals surface area contributed by atoms with Crippen LogP contribution in [0.25, 0.3) is 0 Å². The minimum atomic E-state index is -3.36. The van der Waals surface area contributed by atoms with Gasteiger partial charge in [-0.15, -0.1) is 0 Å². The molecule has 0 aromatic heterocycles. The molecule has 1 aromatic carbocycles. The largest absolute Gasteiger partial charge is 0.495 e. The van der Waals surface area contributed by atoms with Crippen LogP contribution in [-0.2, 0) is 16.4 Å². The Morgan fingerprint density at radius 3 is 2.67 bits per heavy atom. The number of nitrogens with zero attached hydrogens (tertiary/aromatic N) is 1. The van der Waals surface area contributed by atoms with Gasteiger partial charge in [-0.2, -0.15) is 0 Å². The van der Waals surface area contributed by atoms with Crippen LogP contribution in [0.1, 0.15) is 17.5 Å². The second-order valence-corrected chi connectivity index (χ2v) is 5.88. The molecule has 6 nitrogen and oxygen atoms in total. The molecule has 18 heavy (non-hydrogen) atoms. The van der Waals surface area contributed by atoms with E-state index in [1.165, 1.54) is 7.11 Å². The van der Waals surface area contributed by atoms with Crippen LogP contribution < -0.4 is 9.46 Å². The quantitative estimate of drug-likeness (QED) is 0.638. The molecular weight excluding hydrogens is 256 g/mol. The molecule has 98 valence electrons. The summed E-state index contributed by atoms with van der Waals surface area (Å²) in [5, 5.41) is 12.1. The number of hydrogen-bond donors (Lipinski definition) is 2. The van der Waals surface area contributed by atoms with E-state index in [4.69, 9.17) is 9.94 Å². The van der Waals surface area contributed by atoms with Crippen LogP contribution in [0.4, 0.5) is 5.69 Å². The molecule has 0 bridgehead atoms. The molecule has 0 amide bonds. The lowest BCUT2D eigenvalue weighted by Gasteiger charge is -2.12. The van der Waals surface area contributed by atoms with Crippen LogP contribution in [0.5, 0.6) is 5.75 Å². The lowest BCUT2D eigenvalue weighted by atomic mass is 10.1. The van der Waals surface area contributed by atoms with E-state index in [1.54, 1.807) is 12.1 Å². The average molecular weight is 270 g/mol. The highest BCUT2D eigenvalue weighted by molar-refractivity contribution is 7.92. The third-order valence-electron chi connectivity index (χ3n) is 2.78. The Morgan fingerprint density at radius 2 is 2.11 bits per heavy atom. The summed E-state index contributed by atoms with van der Waals surface area (Å²) in [5.74, 6) is 0.405. The van der Waals surface area contributed by atoms with Gasteiger partial charge in [-0.3, -0.25) is 4.72 Å². The van der Waals surface area contributed by atoms with Gasteiger partial charge in [0, 0.05) is 5.56 Å². The Labute approximate surface area is 105 Å². The van der Waals surface area contributed by atoms with Gasteiger partial charge in [0.05, 0.1) is 24.8 Å². The molecule has 2 rings (SSSR count). The lowest BCUT2D eigenvalue weighted by molar-refractivity contribution is 0.318. The van der Waals surface area contributed by atoms with Gasteiger partial charge >= 0.3 is 0 Å². The number of anilines is 1. The summed E-state index contributed by atoms with van der Waals surface area (Å²) in [6, 6.07) is 3.40. The number of benzene rings is 1. The topological polar surface area (TPSA) is 88.0 Å². The van der Waals surface area contributed by atoms with Crippen molar-refractivity contribution in [2.45, 2.75) is 12.8 Å². The predicted molar refractivity (Wildman–Crippen MR) is 68.1 cm³/mol. The van der Waals surface area contributed by atoms with Gasteiger partial charge in [0.1, 0.15) is 5.75 Å². The van der Waals surface area contributed by atoms with Crippen molar-refractivity contribution in [1.29, 1.82) is 0 Å². The molecule has 0 spiro atoms. The molecule has 0 aliphatic heterocycles. The van der Waals surface area contributed by atoms with E-state index in [9.17, 15) is 8.42 Å². The molecule has 0 saturated carbocycles. The summed E-state index contributed by atoms with van der Waals surface area (Å²) in [7, 11) is -1.90. The summed E-state index contributed by atoms with van der Waals surface area (Å²) in [6.45, 7) is 0. The molecule has 0 unspecified atom stereocenters. The van der Waals surface area contributed by atoms with Crippen LogP contribution >= 0.6 is 0 Å². The fourth-order valence-electron chi connectivity index (χ4n) is 2.04. The van der Waals surface area contributed by atoms with Crippen LogP contribution in [0.15, 0.2) is 17.3 Å². The summed E-state index contributed by atoms with van der Waals surface area (Å²) >= 11 is 0. The van der Waals surface area contributed by atoms with Crippen LogP contribution in [0.3, 0.4) is 0 Å². The number of nitrogens with one attached hydrogen (secondary N) is 1. The normalized spacial score (nSPS) is 16.7. The van der Waals surface area contributed by atoms with E-state index in [-0.39, 0.29) is 0 Å². The maximum Gasteiger partial charge on any atom is 0.229 e. The molecule has 0 radical (unpaired) electrons. The first kappa shape index (κ1) is 12.7. The van der Waals surface area contributed by atoms with E-state index >= 15 is 0 Å². The lowest BCUT2D eigenvalue weighted by Crippen LogP contribution is -2.11. The second-order valence-electron chi connectivity index (χ2n) is 4.13. The summed E-state index contributed by atoms with van der Waals surface area (Å²) in [5.41, 5.74) is 2.73. The smallest absolute Gasteiger partial charge is 0.229 e. The minimum Gasteiger partial charge on any atom is -0.495 e. The van der Waals surface area contributed by atoms with Crippen molar-refractivity contribution in [2.24, 2.45) is 5.16 Å². The van der Waals surface area contributed by atoms with Crippen molar-refractivity contribution < 1.29 is 18.4 Å². The molecule has 1 aliphatic carbocycles. The Hall–Kier alpha value is -1.76. The second kappa shape index (κ2) is 4.49. The number of oxime groups is 1. The molecule has 2 N–H and O–H groups in total. The molecule has 0 heterocycles. The molecule has 7 heteroatoms. The van der Waals surface area contributed by atoms with Crippen LogP contribution in [-0.4, -0.2) is 32.7 Å². The Bertz CT molecular complexity index is 608. The predicted octanol–water partition coefficient (Wildman–Crippen LogP) is 1.19. The monoisotopic (exact) mass is 270 g/mol. The highest BCUT2D eigenvalue weighted by atomic mass is 32.2. The fraction of sp³-hybridized carbons (Fsp3) is 0.364. The molecule has 0 atom stereocenters. The molecule has 1 aliphatic rings. The third-order valence-corrected chi connectivity index (χ3v) is 3.37. The first-order chi connectivity index (χ1) is 8.44. The van der Waals surface area contributed by atoms with Crippen molar-refractivity contribution in [1.82, 2.24) is 0 Å². The van der Waals surface area contributed by atoms with E-state index in [1.807, 2.05) is 0 Å². The van der Waals surface area contributed by atoms with E-state index < -0.39 is 10.0 Å². The fourth-order valence-corrected chi connectivity index (χ4v) is 2.60. The number of fused-ring (bicyclic) bond motifs is 1. The van der Waals surface area contributed by atoms with Crippen molar-refractivity contribution in [3.8, 4) is 5.75 Å². The number of ether oxygens (including phenoxy) is 1. The summed E-state index contributed by atoms with van der Waals surface area (Å²) < 4.78 is 30.1. The molecule has 1 aromatic rings. The van der Waals surface area contributed by atoms with Crippen LogP contribution in [0.2, 0.25) is 0 Å². The third kappa shape index (κ3) is 2.40. The number of sulfonamides is 1. The van der Waals surface area contributed by atoms with Crippen molar-refractivity contribution in [3.63, 3.8) is 0 Å². The number of aryl methyl sites for hydroxylation is 1. The maximum absolute atomic E-state index is 11.3. The van der Waals surface area contributed by atoms with Gasteiger partial charge in [0.25, 0.3) is 0 Å². The maximum atomic E-state index is 11.3. The Kier molecular flexibility index (Phi) is 3.16. The molecule has 0 saturated heterocycles. The van der Waals surface area contributed by atoms with E-state index in [2.05, 4.69) is 9.88 Å². The zero-order valence-corrected chi connectivity index (χ0v) is 10.9. The van der Waals surface area contributed by atoms with Crippen molar-refractivity contribution in [3.05, 3.63) is 23.3 Å². The van der Waals surface area contributed by atoms with Gasteiger partial charge in [0.15, 0.2) is 0 Å². The zero-order chi connectivity index (χ0) is 13.3. The molecular formula is C11H14N2O4S. The van der Waals surface area contributed by atoms with Gasteiger partial charge in [0.2, 0.25) is 10.0 Å². The minimum absolute atomic E-state index is 0.401. The van der Waals surface area contributed by atoms with E-state index in [0.29, 0.717) is 23.6 Å². The van der Waals surface area contributed by atoms with Crippen molar-refractivity contribution >= 4 is 21.4 Å². The highest BCUT2D eigenvalue weighted by Gasteiger charge is 2.22. The van der Waals surface area contributed by atoms with Gasteiger partial charge in [-0.1, -0.05) is 5.16 Å². The molecule has 0 fully saturated rings. The first-order valence-corrected chi connectivity index (χ1v) is 7.23. The number of hydrogen-bond acceptors (Lipinski definition) is 5. The Morgan fingerprint density at radius 1 is 1.39 bits per heavy atom. The SMILES string of the molecule is COc1cc2c(cc1NS(C)(=O)=O)CC/C2=N/O. The average Bonchev–Trinajstić information content (AvgIpc) is 2.67. The van der Waals surface area contributed by atoms with Gasteiger partial charge < -0.3 is 9.94 Å². The summed E-state index contributed by atoms with van der Waals surface area (Å²) in [4.78, 5) is 0. The zero-order valence-electron chi connectivity index (χ0n) is 10.1. The number of rotatable bonds is 3. The number of methoxy groups -OCH3 is 1. The summed E-state index contributed by atoms with van der Waals surface area (Å²) in [6.07, 6.45) is 2.44. The van der Waals surface area contributed by atoms with E-state index in [0.717, 1.165) is 23.8 Å². The van der Waals surface area contributed by atoms with Gasteiger partial charge in [-0.25, -0.2) is 8.42 Å². The highest BCUT2D eigenvalue weighted by Crippen LogP contribution is 2.33. The first-order valence-electron chi connectivity index (χ1n) is 5.34. The Balaban J connectivity index is 2.51. The van der Waals surface area contributed by atoms with Crippen LogP contribution in [0, 0.1) is 0 Å².